The van der Waals surface area contributed by atoms with Crippen molar-refractivity contribution in [2.24, 2.45) is 0 Å². The van der Waals surface area contributed by atoms with E-state index in [1.165, 1.54) is 11.1 Å². The molecule has 2 rings (SSSR count). The molecule has 0 saturated heterocycles. The largest absolute Gasteiger partial charge is 0.487 e. The van der Waals surface area contributed by atoms with Gasteiger partial charge in [-0.1, -0.05) is 25.1 Å². The van der Waals surface area contributed by atoms with Gasteiger partial charge in [0.15, 0.2) is 0 Å². The molecule has 1 aliphatic heterocycles. The van der Waals surface area contributed by atoms with E-state index in [-0.39, 0.29) is 5.60 Å². The molecule has 0 aliphatic carbocycles. The van der Waals surface area contributed by atoms with Crippen molar-refractivity contribution in [1.29, 1.82) is 0 Å². The van der Waals surface area contributed by atoms with Crippen LogP contribution in [-0.4, -0.2) is 18.7 Å². The fraction of sp³-hybridized carbons (Fsp3) is 0.571. The summed E-state index contributed by atoms with van der Waals surface area (Å²) in [6.45, 7) is 8.50. The van der Waals surface area contributed by atoms with Crippen molar-refractivity contribution in [3.8, 4) is 5.75 Å². The first-order valence-corrected chi connectivity index (χ1v) is 6.13. The summed E-state index contributed by atoms with van der Waals surface area (Å²) in [5.74, 6) is 1.13. The molecule has 0 radical (unpaired) electrons. The maximum absolute atomic E-state index is 6.03. The molecule has 0 saturated carbocycles. The number of benzene rings is 1. The SMILES string of the molecule is CCNCCc1cccc2c1OC(C)(C)C2. The van der Waals surface area contributed by atoms with Gasteiger partial charge in [0.05, 0.1) is 0 Å². The summed E-state index contributed by atoms with van der Waals surface area (Å²) in [6, 6.07) is 6.50. The molecule has 0 unspecified atom stereocenters. The zero-order valence-electron chi connectivity index (χ0n) is 10.5. The van der Waals surface area contributed by atoms with Gasteiger partial charge >= 0.3 is 0 Å². The predicted octanol–water partition coefficient (Wildman–Crippen LogP) is 2.55. The quantitative estimate of drug-likeness (QED) is 0.786. The molecule has 1 heterocycles. The molecular weight excluding hydrogens is 198 g/mol. The van der Waals surface area contributed by atoms with Crippen molar-refractivity contribution in [3.63, 3.8) is 0 Å². The monoisotopic (exact) mass is 219 g/mol. The lowest BCUT2D eigenvalue weighted by atomic mass is 10.00. The highest BCUT2D eigenvalue weighted by Crippen LogP contribution is 2.37. The van der Waals surface area contributed by atoms with Crippen LogP contribution in [0.25, 0.3) is 0 Å². The second kappa shape index (κ2) is 4.46. The fourth-order valence-corrected chi connectivity index (χ4v) is 2.28. The van der Waals surface area contributed by atoms with Crippen molar-refractivity contribution >= 4 is 0 Å². The summed E-state index contributed by atoms with van der Waals surface area (Å²) in [6.07, 6.45) is 2.07. The lowest BCUT2D eigenvalue weighted by Crippen LogP contribution is -2.25. The minimum absolute atomic E-state index is 0.0311. The predicted molar refractivity (Wildman–Crippen MR) is 67.1 cm³/mol. The Balaban J connectivity index is 2.14. The average Bonchev–Trinajstić information content (AvgIpc) is 2.53. The highest BCUT2D eigenvalue weighted by Gasteiger charge is 2.31. The molecule has 0 fully saturated rings. The molecule has 0 aromatic heterocycles. The van der Waals surface area contributed by atoms with E-state index in [0.29, 0.717) is 0 Å². The van der Waals surface area contributed by atoms with E-state index in [4.69, 9.17) is 4.74 Å². The molecule has 16 heavy (non-hydrogen) atoms. The summed E-state index contributed by atoms with van der Waals surface area (Å²) in [5.41, 5.74) is 2.67. The summed E-state index contributed by atoms with van der Waals surface area (Å²) in [7, 11) is 0. The Labute approximate surface area is 98.0 Å². The lowest BCUT2D eigenvalue weighted by Gasteiger charge is -2.18. The number of nitrogens with one attached hydrogen (secondary N) is 1. The molecule has 1 N–H and O–H groups in total. The van der Waals surface area contributed by atoms with Crippen LogP contribution < -0.4 is 10.1 Å². The van der Waals surface area contributed by atoms with Gasteiger partial charge in [0.2, 0.25) is 0 Å². The second-order valence-electron chi connectivity index (χ2n) is 5.05. The van der Waals surface area contributed by atoms with Gasteiger partial charge in [-0.05, 0) is 44.5 Å². The second-order valence-corrected chi connectivity index (χ2v) is 5.05. The highest BCUT2D eigenvalue weighted by atomic mass is 16.5. The number of hydrogen-bond acceptors (Lipinski definition) is 2. The van der Waals surface area contributed by atoms with Gasteiger partial charge in [0.1, 0.15) is 11.4 Å². The zero-order chi connectivity index (χ0) is 11.6. The van der Waals surface area contributed by atoms with E-state index in [1.807, 2.05) is 0 Å². The van der Waals surface area contributed by atoms with Crippen molar-refractivity contribution in [3.05, 3.63) is 29.3 Å². The van der Waals surface area contributed by atoms with Crippen LogP contribution in [-0.2, 0) is 12.8 Å². The van der Waals surface area contributed by atoms with Gasteiger partial charge in [0.25, 0.3) is 0 Å². The van der Waals surface area contributed by atoms with Crippen molar-refractivity contribution in [1.82, 2.24) is 5.32 Å². The number of likely N-dealkylation sites (N-methyl/N-ethyl adjacent to an activating group) is 1. The minimum Gasteiger partial charge on any atom is -0.487 e. The Hall–Kier alpha value is -1.02. The molecule has 0 atom stereocenters. The molecule has 2 nitrogen and oxygen atoms in total. The maximum atomic E-state index is 6.03. The van der Waals surface area contributed by atoms with Gasteiger partial charge in [-0.15, -0.1) is 0 Å². The van der Waals surface area contributed by atoms with Crippen LogP contribution >= 0.6 is 0 Å². The van der Waals surface area contributed by atoms with Crippen LogP contribution in [0.5, 0.6) is 5.75 Å². The molecule has 2 heteroatoms. The number of ether oxygens (including phenoxy) is 1. The number of fused-ring (bicyclic) bond motifs is 1. The van der Waals surface area contributed by atoms with E-state index in [2.05, 4.69) is 44.3 Å². The first kappa shape index (κ1) is 11.5. The third-order valence-corrected chi connectivity index (χ3v) is 2.99. The Morgan fingerprint density at radius 3 is 2.94 bits per heavy atom. The van der Waals surface area contributed by atoms with Crippen LogP contribution in [0.4, 0.5) is 0 Å². The van der Waals surface area contributed by atoms with E-state index in [0.717, 1.165) is 31.7 Å². The topological polar surface area (TPSA) is 21.3 Å². The molecule has 1 aromatic rings. The molecule has 1 aromatic carbocycles. The fourth-order valence-electron chi connectivity index (χ4n) is 2.28. The Bertz CT molecular complexity index is 371. The molecular formula is C14H21NO. The molecule has 0 amide bonds. The number of para-hydroxylation sites is 1. The number of rotatable bonds is 4. The average molecular weight is 219 g/mol. The third kappa shape index (κ3) is 2.38. The van der Waals surface area contributed by atoms with Crippen LogP contribution in [0.3, 0.4) is 0 Å². The Kier molecular flexibility index (Phi) is 3.20. The summed E-state index contributed by atoms with van der Waals surface area (Å²) >= 11 is 0. The van der Waals surface area contributed by atoms with E-state index >= 15 is 0 Å². The van der Waals surface area contributed by atoms with E-state index < -0.39 is 0 Å². The standard InChI is InChI=1S/C14H21NO/c1-4-15-9-8-11-6-5-7-12-10-14(2,3)16-13(11)12/h5-7,15H,4,8-10H2,1-3H3. The van der Waals surface area contributed by atoms with E-state index in [9.17, 15) is 0 Å². The van der Waals surface area contributed by atoms with Crippen LogP contribution in [0.2, 0.25) is 0 Å². The summed E-state index contributed by atoms with van der Waals surface area (Å²) in [4.78, 5) is 0. The van der Waals surface area contributed by atoms with E-state index in [1.54, 1.807) is 0 Å². The Morgan fingerprint density at radius 2 is 2.19 bits per heavy atom. The van der Waals surface area contributed by atoms with Gasteiger partial charge in [-0.3, -0.25) is 0 Å². The smallest absolute Gasteiger partial charge is 0.126 e. The lowest BCUT2D eigenvalue weighted by molar-refractivity contribution is 0.137. The summed E-state index contributed by atoms with van der Waals surface area (Å²) < 4.78 is 6.03. The molecule has 0 bridgehead atoms. The van der Waals surface area contributed by atoms with Crippen LogP contribution in [0.1, 0.15) is 31.9 Å². The van der Waals surface area contributed by atoms with Gasteiger partial charge in [-0.25, -0.2) is 0 Å². The minimum atomic E-state index is -0.0311. The number of hydrogen-bond donors (Lipinski definition) is 1. The van der Waals surface area contributed by atoms with Gasteiger partial charge in [-0.2, -0.15) is 0 Å². The third-order valence-electron chi connectivity index (χ3n) is 2.99. The molecule has 88 valence electrons. The van der Waals surface area contributed by atoms with Crippen molar-refractivity contribution in [2.75, 3.05) is 13.1 Å². The normalized spacial score (nSPS) is 16.9. The van der Waals surface area contributed by atoms with Crippen molar-refractivity contribution < 1.29 is 4.74 Å². The van der Waals surface area contributed by atoms with Crippen LogP contribution in [0.15, 0.2) is 18.2 Å². The van der Waals surface area contributed by atoms with Gasteiger partial charge < -0.3 is 10.1 Å². The first-order chi connectivity index (χ1) is 7.62. The maximum Gasteiger partial charge on any atom is 0.126 e. The van der Waals surface area contributed by atoms with Crippen molar-refractivity contribution in [2.45, 2.75) is 39.2 Å². The first-order valence-electron chi connectivity index (χ1n) is 6.13. The van der Waals surface area contributed by atoms with Crippen LogP contribution in [0, 0.1) is 0 Å². The summed E-state index contributed by atoms with van der Waals surface area (Å²) in [5, 5.41) is 3.35. The Morgan fingerprint density at radius 1 is 1.38 bits per heavy atom. The highest BCUT2D eigenvalue weighted by molar-refractivity contribution is 5.45. The zero-order valence-corrected chi connectivity index (χ0v) is 10.5. The molecule has 1 aliphatic rings. The molecule has 0 spiro atoms. The van der Waals surface area contributed by atoms with Gasteiger partial charge in [0, 0.05) is 6.42 Å².